The zero-order valence-corrected chi connectivity index (χ0v) is 8.49. The van der Waals surface area contributed by atoms with Gasteiger partial charge in [0.2, 0.25) is 0 Å². The van der Waals surface area contributed by atoms with Crippen molar-refractivity contribution < 1.29 is 9.59 Å². The molecular formula is C12H7ClO2. The van der Waals surface area contributed by atoms with E-state index in [-0.39, 0.29) is 11.6 Å². The van der Waals surface area contributed by atoms with Gasteiger partial charge in [-0.05, 0) is 24.3 Å². The molecule has 0 unspecified atom stereocenters. The van der Waals surface area contributed by atoms with E-state index in [0.29, 0.717) is 16.2 Å². The summed E-state index contributed by atoms with van der Waals surface area (Å²) in [6.07, 6.45) is 10.8. The molecule has 0 aromatic rings. The van der Waals surface area contributed by atoms with E-state index >= 15 is 0 Å². The summed E-state index contributed by atoms with van der Waals surface area (Å²) in [7, 11) is 0. The monoisotopic (exact) mass is 218 g/mol. The molecule has 2 aliphatic rings. The fraction of sp³-hybridized carbons (Fsp3) is 0. The average molecular weight is 219 g/mol. The molecule has 0 atom stereocenters. The number of hydrogen-bond donors (Lipinski definition) is 0. The van der Waals surface area contributed by atoms with E-state index in [1.54, 1.807) is 18.2 Å². The van der Waals surface area contributed by atoms with Crippen LogP contribution in [0.2, 0.25) is 0 Å². The zero-order chi connectivity index (χ0) is 10.8. The van der Waals surface area contributed by atoms with Gasteiger partial charge in [-0.2, -0.15) is 0 Å². The molecule has 0 aromatic heterocycles. The van der Waals surface area contributed by atoms with Gasteiger partial charge in [-0.1, -0.05) is 29.8 Å². The third-order valence-electron chi connectivity index (χ3n) is 2.12. The molecule has 0 N–H and O–H groups in total. The Kier molecular flexibility index (Phi) is 2.52. The Labute approximate surface area is 91.9 Å². The second kappa shape index (κ2) is 3.83. The molecule has 0 radical (unpaired) electrons. The molecule has 0 bridgehead atoms. The van der Waals surface area contributed by atoms with E-state index in [9.17, 15) is 9.59 Å². The normalized spacial score (nSPS) is 24.7. The summed E-state index contributed by atoms with van der Waals surface area (Å²) in [5.41, 5.74) is 0.748. The minimum Gasteiger partial charge on any atom is -0.289 e. The molecule has 2 aliphatic carbocycles. The second-order valence-electron chi connectivity index (χ2n) is 3.14. The van der Waals surface area contributed by atoms with E-state index in [1.807, 2.05) is 0 Å². The largest absolute Gasteiger partial charge is 0.289 e. The number of rotatable bonds is 0. The highest BCUT2D eigenvalue weighted by Gasteiger charge is 2.17. The Morgan fingerprint density at radius 2 is 1.47 bits per heavy atom. The Morgan fingerprint density at radius 1 is 0.800 bits per heavy atom. The topological polar surface area (TPSA) is 34.1 Å². The van der Waals surface area contributed by atoms with Gasteiger partial charge in [-0.25, -0.2) is 0 Å². The van der Waals surface area contributed by atoms with Crippen molar-refractivity contribution in [3.8, 4) is 0 Å². The van der Waals surface area contributed by atoms with E-state index in [1.165, 1.54) is 24.3 Å². The van der Waals surface area contributed by atoms with Crippen molar-refractivity contribution in [3.63, 3.8) is 0 Å². The van der Waals surface area contributed by atoms with Crippen LogP contribution in [-0.2, 0) is 9.59 Å². The highest BCUT2D eigenvalue weighted by atomic mass is 35.5. The van der Waals surface area contributed by atoms with Gasteiger partial charge in [0.25, 0.3) is 0 Å². The van der Waals surface area contributed by atoms with Crippen LogP contribution in [0.1, 0.15) is 0 Å². The van der Waals surface area contributed by atoms with Gasteiger partial charge < -0.3 is 0 Å². The number of hydrogen-bond acceptors (Lipinski definition) is 2. The molecule has 2 rings (SSSR count). The molecule has 0 aromatic carbocycles. The first kappa shape index (κ1) is 9.87. The maximum Gasteiger partial charge on any atom is 0.186 e. The van der Waals surface area contributed by atoms with Crippen LogP contribution in [0.25, 0.3) is 0 Å². The lowest BCUT2D eigenvalue weighted by Crippen LogP contribution is -2.09. The van der Waals surface area contributed by atoms with Gasteiger partial charge in [0.15, 0.2) is 11.6 Å². The average Bonchev–Trinajstić information content (AvgIpc) is 2.23. The highest BCUT2D eigenvalue weighted by Crippen LogP contribution is 2.21. The fourth-order valence-electron chi connectivity index (χ4n) is 1.40. The van der Waals surface area contributed by atoms with Crippen LogP contribution >= 0.6 is 11.6 Å². The minimum atomic E-state index is -0.192. The van der Waals surface area contributed by atoms with Crippen LogP contribution in [0.5, 0.6) is 0 Å². The van der Waals surface area contributed by atoms with Gasteiger partial charge >= 0.3 is 0 Å². The quantitative estimate of drug-likeness (QED) is 0.585. The third-order valence-corrected chi connectivity index (χ3v) is 2.35. The Hall–Kier alpha value is -1.67. The predicted molar refractivity (Wildman–Crippen MR) is 58.4 cm³/mol. The van der Waals surface area contributed by atoms with Gasteiger partial charge in [0, 0.05) is 16.2 Å². The van der Waals surface area contributed by atoms with E-state index < -0.39 is 0 Å². The lowest BCUT2D eigenvalue weighted by molar-refractivity contribution is -0.113. The van der Waals surface area contributed by atoms with Gasteiger partial charge in [0.05, 0.1) is 0 Å². The van der Waals surface area contributed by atoms with Crippen molar-refractivity contribution in [2.24, 2.45) is 0 Å². The summed E-state index contributed by atoms with van der Waals surface area (Å²) in [5.74, 6) is -0.362. The van der Waals surface area contributed by atoms with Crippen molar-refractivity contribution in [2.45, 2.75) is 0 Å². The van der Waals surface area contributed by atoms with Gasteiger partial charge in [0.1, 0.15) is 0 Å². The standard InChI is InChI=1S/C12H7ClO2/c13-8-5-6-12(15)10(7-8)9-3-1-2-4-11(9)14/h1-7H. The van der Waals surface area contributed by atoms with Crippen LogP contribution in [0, 0.1) is 0 Å². The molecule has 0 saturated carbocycles. The minimum absolute atomic E-state index is 0.170. The number of ketones is 2. The second-order valence-corrected chi connectivity index (χ2v) is 3.57. The molecule has 15 heavy (non-hydrogen) atoms. The maximum absolute atomic E-state index is 11.5. The fourth-order valence-corrected chi connectivity index (χ4v) is 1.57. The maximum atomic E-state index is 11.5. The number of carbonyl (C=O) groups is 2. The van der Waals surface area contributed by atoms with Crippen molar-refractivity contribution >= 4 is 23.2 Å². The number of allylic oxidation sites excluding steroid dienone is 10. The molecule has 0 fully saturated rings. The highest BCUT2D eigenvalue weighted by molar-refractivity contribution is 6.33. The van der Waals surface area contributed by atoms with Crippen molar-refractivity contribution in [3.05, 3.63) is 58.7 Å². The zero-order valence-electron chi connectivity index (χ0n) is 7.74. The number of halogens is 1. The molecule has 3 heteroatoms. The molecule has 0 saturated heterocycles. The first-order valence-corrected chi connectivity index (χ1v) is 4.79. The predicted octanol–water partition coefficient (Wildman–Crippen LogP) is 2.24. The van der Waals surface area contributed by atoms with Crippen molar-refractivity contribution in [2.75, 3.05) is 0 Å². The molecule has 0 heterocycles. The smallest absolute Gasteiger partial charge is 0.186 e. The van der Waals surface area contributed by atoms with Crippen LogP contribution in [0.4, 0.5) is 0 Å². The molecular weight excluding hydrogens is 212 g/mol. The van der Waals surface area contributed by atoms with E-state index in [2.05, 4.69) is 0 Å². The van der Waals surface area contributed by atoms with Gasteiger partial charge in [-0.3, -0.25) is 9.59 Å². The van der Waals surface area contributed by atoms with Crippen LogP contribution in [0.15, 0.2) is 58.7 Å². The third kappa shape index (κ3) is 1.90. The molecule has 0 amide bonds. The van der Waals surface area contributed by atoms with Crippen LogP contribution in [0.3, 0.4) is 0 Å². The number of carbonyl (C=O) groups excluding carboxylic acids is 2. The summed E-state index contributed by atoms with van der Waals surface area (Å²) in [6, 6.07) is 0. The van der Waals surface area contributed by atoms with Gasteiger partial charge in [-0.15, -0.1) is 0 Å². The summed E-state index contributed by atoms with van der Waals surface area (Å²) in [6.45, 7) is 0. The Morgan fingerprint density at radius 3 is 2.20 bits per heavy atom. The van der Waals surface area contributed by atoms with Crippen molar-refractivity contribution in [1.82, 2.24) is 0 Å². The lowest BCUT2D eigenvalue weighted by atomic mass is 9.94. The van der Waals surface area contributed by atoms with Crippen molar-refractivity contribution in [1.29, 1.82) is 0 Å². The first-order chi connectivity index (χ1) is 7.18. The first-order valence-electron chi connectivity index (χ1n) is 4.41. The summed E-state index contributed by atoms with van der Waals surface area (Å²) >= 11 is 5.78. The summed E-state index contributed by atoms with van der Waals surface area (Å²) in [4.78, 5) is 23.0. The SMILES string of the molecule is O=C1C=CC=CC1=C1C=C(Cl)C=CC1=O. The molecule has 2 nitrogen and oxygen atoms in total. The Balaban J connectivity index is 2.53. The summed E-state index contributed by atoms with van der Waals surface area (Å²) in [5, 5.41) is 0.452. The van der Waals surface area contributed by atoms with Crippen LogP contribution in [-0.4, -0.2) is 11.6 Å². The Bertz CT molecular complexity index is 488. The summed E-state index contributed by atoms with van der Waals surface area (Å²) < 4.78 is 0. The molecule has 74 valence electrons. The molecule has 0 aliphatic heterocycles. The van der Waals surface area contributed by atoms with Crippen LogP contribution < -0.4 is 0 Å². The molecule has 0 spiro atoms. The lowest BCUT2D eigenvalue weighted by Gasteiger charge is -2.09. The van der Waals surface area contributed by atoms with E-state index in [4.69, 9.17) is 11.6 Å². The van der Waals surface area contributed by atoms with E-state index in [0.717, 1.165) is 0 Å².